The topological polar surface area (TPSA) is 43.8 Å². The number of nitrogens with zero attached hydrogens (tertiary/aromatic N) is 2. The van der Waals surface area contributed by atoms with Crippen LogP contribution in [0.5, 0.6) is 0 Å². The van der Waals surface area contributed by atoms with E-state index in [1.807, 2.05) is 22.4 Å². The average molecular weight is 308 g/mol. The van der Waals surface area contributed by atoms with Gasteiger partial charge >= 0.3 is 0 Å². The fourth-order valence-electron chi connectivity index (χ4n) is 3.40. The second-order valence-electron chi connectivity index (χ2n) is 6.14. The summed E-state index contributed by atoms with van der Waals surface area (Å²) in [5, 5.41) is 12.2. The molecule has 0 radical (unpaired) electrons. The first-order valence-electron chi connectivity index (χ1n) is 7.96. The quantitative estimate of drug-likeness (QED) is 0.926. The first-order valence-corrected chi connectivity index (χ1v) is 8.84. The van der Waals surface area contributed by atoms with Crippen LogP contribution >= 0.6 is 11.3 Å². The van der Waals surface area contributed by atoms with Crippen molar-refractivity contribution >= 4 is 17.2 Å². The van der Waals surface area contributed by atoms with Gasteiger partial charge < -0.3 is 10.0 Å². The van der Waals surface area contributed by atoms with Crippen LogP contribution in [0.1, 0.15) is 36.7 Å². The summed E-state index contributed by atoms with van der Waals surface area (Å²) in [6, 6.07) is 3.95. The molecular formula is C16H24N2O2S. The monoisotopic (exact) mass is 308 g/mol. The van der Waals surface area contributed by atoms with Gasteiger partial charge in [0.25, 0.3) is 0 Å². The van der Waals surface area contributed by atoms with Gasteiger partial charge in [-0.25, -0.2) is 0 Å². The van der Waals surface area contributed by atoms with E-state index in [1.54, 1.807) is 11.3 Å². The Morgan fingerprint density at radius 1 is 1.29 bits per heavy atom. The van der Waals surface area contributed by atoms with E-state index in [0.29, 0.717) is 12.5 Å². The van der Waals surface area contributed by atoms with Crippen LogP contribution in [-0.2, 0) is 4.79 Å². The molecule has 1 aromatic heterocycles. The van der Waals surface area contributed by atoms with Crippen LogP contribution in [0.3, 0.4) is 0 Å². The van der Waals surface area contributed by atoms with Crippen molar-refractivity contribution in [3.63, 3.8) is 0 Å². The Bertz CT molecular complexity index is 449. The summed E-state index contributed by atoms with van der Waals surface area (Å²) >= 11 is 1.60. The lowest BCUT2D eigenvalue weighted by molar-refractivity contribution is -0.137. The van der Waals surface area contributed by atoms with Crippen molar-refractivity contribution in [2.24, 2.45) is 5.92 Å². The maximum atomic E-state index is 12.4. The van der Waals surface area contributed by atoms with Gasteiger partial charge in [0.2, 0.25) is 5.91 Å². The minimum Gasteiger partial charge on any atom is -0.386 e. The number of piperazine rings is 1. The third-order valence-electron chi connectivity index (χ3n) is 4.69. The first kappa shape index (κ1) is 15.0. The third kappa shape index (κ3) is 3.65. The van der Waals surface area contributed by atoms with Gasteiger partial charge in [0, 0.05) is 43.5 Å². The number of carbonyl (C=O) groups excluding carboxylic acids is 1. The molecule has 0 bridgehead atoms. The fraction of sp³-hybridized carbons (Fsp3) is 0.688. The predicted molar refractivity (Wildman–Crippen MR) is 84.3 cm³/mol. The van der Waals surface area contributed by atoms with Gasteiger partial charge in [0.15, 0.2) is 0 Å². The highest BCUT2D eigenvalue weighted by atomic mass is 32.1. The Morgan fingerprint density at radius 2 is 2.00 bits per heavy atom. The molecule has 0 aromatic carbocycles. The van der Waals surface area contributed by atoms with Crippen LogP contribution in [0, 0.1) is 5.92 Å². The molecule has 1 N–H and O–H groups in total. The van der Waals surface area contributed by atoms with E-state index in [4.69, 9.17) is 0 Å². The largest absolute Gasteiger partial charge is 0.386 e. The van der Waals surface area contributed by atoms with Crippen molar-refractivity contribution in [3.8, 4) is 0 Å². The Labute approximate surface area is 130 Å². The molecule has 2 aliphatic rings. The summed E-state index contributed by atoms with van der Waals surface area (Å²) in [5.74, 6) is 0.652. The van der Waals surface area contributed by atoms with Gasteiger partial charge in [-0.3, -0.25) is 9.69 Å². The Morgan fingerprint density at radius 3 is 2.62 bits per heavy atom. The fourth-order valence-corrected chi connectivity index (χ4v) is 4.10. The number of β-amino-alcohol motifs (C(OH)–C–C–N with tert-alkyl or cyclic N) is 1. The lowest BCUT2D eigenvalue weighted by atomic mass is 10.1. The van der Waals surface area contributed by atoms with Crippen LogP contribution < -0.4 is 0 Å². The summed E-state index contributed by atoms with van der Waals surface area (Å²) < 4.78 is 0. The summed E-state index contributed by atoms with van der Waals surface area (Å²) in [6.07, 6.45) is 4.18. The Hall–Kier alpha value is -0.910. The van der Waals surface area contributed by atoms with Gasteiger partial charge in [0.1, 0.15) is 6.10 Å². The third-order valence-corrected chi connectivity index (χ3v) is 5.66. The van der Waals surface area contributed by atoms with Gasteiger partial charge in [-0.2, -0.15) is 0 Å². The van der Waals surface area contributed by atoms with E-state index < -0.39 is 6.10 Å². The van der Waals surface area contributed by atoms with E-state index in [-0.39, 0.29) is 5.92 Å². The lowest BCUT2D eigenvalue weighted by Crippen LogP contribution is -2.50. The summed E-state index contributed by atoms with van der Waals surface area (Å²) in [5.41, 5.74) is 0. The maximum absolute atomic E-state index is 12.4. The highest BCUT2D eigenvalue weighted by Gasteiger charge is 2.29. The minimum absolute atomic E-state index is 0.285. The van der Waals surface area contributed by atoms with Crippen LogP contribution in [0.15, 0.2) is 17.5 Å². The highest BCUT2D eigenvalue weighted by molar-refractivity contribution is 7.10. The van der Waals surface area contributed by atoms with Crippen LogP contribution in [-0.4, -0.2) is 53.5 Å². The minimum atomic E-state index is -0.401. The number of aliphatic hydroxyl groups is 1. The molecular weight excluding hydrogens is 284 g/mol. The summed E-state index contributed by atoms with van der Waals surface area (Å²) in [4.78, 5) is 17.7. The van der Waals surface area contributed by atoms with Gasteiger partial charge in [-0.05, 0) is 24.3 Å². The number of rotatable bonds is 4. The zero-order valence-corrected chi connectivity index (χ0v) is 13.2. The summed E-state index contributed by atoms with van der Waals surface area (Å²) in [6.45, 7) is 4.05. The van der Waals surface area contributed by atoms with Crippen molar-refractivity contribution in [1.29, 1.82) is 0 Å². The smallest absolute Gasteiger partial charge is 0.225 e. The molecule has 4 nitrogen and oxygen atoms in total. The molecule has 1 unspecified atom stereocenters. The van der Waals surface area contributed by atoms with E-state index >= 15 is 0 Å². The van der Waals surface area contributed by atoms with Gasteiger partial charge in [-0.1, -0.05) is 18.9 Å². The molecule has 1 amide bonds. The zero-order chi connectivity index (χ0) is 14.7. The maximum Gasteiger partial charge on any atom is 0.225 e. The van der Waals surface area contributed by atoms with Crippen molar-refractivity contribution in [1.82, 2.24) is 9.80 Å². The lowest BCUT2D eigenvalue weighted by Gasteiger charge is -2.36. The van der Waals surface area contributed by atoms with Crippen molar-refractivity contribution in [2.75, 3.05) is 32.7 Å². The van der Waals surface area contributed by atoms with Crippen LogP contribution in [0.4, 0.5) is 0 Å². The van der Waals surface area contributed by atoms with Crippen molar-refractivity contribution in [2.45, 2.75) is 31.8 Å². The molecule has 1 saturated heterocycles. The van der Waals surface area contributed by atoms with Crippen LogP contribution in [0.2, 0.25) is 0 Å². The average Bonchev–Trinajstić information content (AvgIpc) is 3.20. The van der Waals surface area contributed by atoms with Crippen molar-refractivity contribution < 1.29 is 9.90 Å². The van der Waals surface area contributed by atoms with Gasteiger partial charge in [0.05, 0.1) is 0 Å². The second-order valence-corrected chi connectivity index (χ2v) is 7.12. The summed E-state index contributed by atoms with van der Waals surface area (Å²) in [7, 11) is 0. The molecule has 5 heteroatoms. The number of carbonyl (C=O) groups is 1. The normalized spacial score (nSPS) is 22.6. The number of hydrogen-bond acceptors (Lipinski definition) is 4. The van der Waals surface area contributed by atoms with E-state index in [0.717, 1.165) is 43.9 Å². The second kappa shape index (κ2) is 6.90. The molecule has 1 atom stereocenters. The molecule has 2 fully saturated rings. The van der Waals surface area contributed by atoms with Gasteiger partial charge in [-0.15, -0.1) is 11.3 Å². The molecule has 1 aromatic rings. The molecule has 0 spiro atoms. The Balaban J connectivity index is 1.45. The van der Waals surface area contributed by atoms with E-state index in [2.05, 4.69) is 4.90 Å². The molecule has 2 heterocycles. The van der Waals surface area contributed by atoms with E-state index in [1.165, 1.54) is 12.8 Å². The number of thiophene rings is 1. The molecule has 3 rings (SSSR count). The highest BCUT2D eigenvalue weighted by Crippen LogP contribution is 2.27. The molecule has 1 aliphatic carbocycles. The number of hydrogen-bond donors (Lipinski definition) is 1. The number of aliphatic hydroxyl groups excluding tert-OH is 1. The molecule has 1 saturated carbocycles. The molecule has 116 valence electrons. The van der Waals surface area contributed by atoms with E-state index in [9.17, 15) is 9.90 Å². The number of amides is 1. The standard InChI is InChI=1S/C16H24N2O2S/c19-14(15-6-3-11-21-15)12-17-7-9-18(10-8-17)16(20)13-4-1-2-5-13/h3,6,11,13-14,19H,1-2,4-5,7-10,12H2. The molecule has 21 heavy (non-hydrogen) atoms. The Kier molecular flexibility index (Phi) is 4.93. The zero-order valence-electron chi connectivity index (χ0n) is 12.4. The first-order chi connectivity index (χ1) is 10.2. The predicted octanol–water partition coefficient (Wildman–Crippen LogP) is 2.12. The molecule has 1 aliphatic heterocycles. The van der Waals surface area contributed by atoms with Crippen molar-refractivity contribution in [3.05, 3.63) is 22.4 Å². The van der Waals surface area contributed by atoms with Crippen LogP contribution in [0.25, 0.3) is 0 Å². The SMILES string of the molecule is O=C(C1CCCC1)N1CCN(CC(O)c2cccs2)CC1.